The number of amides is 1. The van der Waals surface area contributed by atoms with Crippen LogP contribution in [0.1, 0.15) is 27.0 Å². The van der Waals surface area contributed by atoms with Crippen LogP contribution in [0.2, 0.25) is 0 Å². The molecule has 7 nitrogen and oxygen atoms in total. The Kier molecular flexibility index (Phi) is 6.51. The van der Waals surface area contributed by atoms with Gasteiger partial charge in [0.25, 0.3) is 5.91 Å². The molecule has 0 unspecified atom stereocenters. The van der Waals surface area contributed by atoms with Gasteiger partial charge < -0.3 is 19.8 Å². The standard InChI is InChI=1S/C23H24N2O5/c1-14-8-9-17(15(2)10-14)22(27)30-13-21(26)25-20(23(28)29-3)11-16-12-24-19-7-5-4-6-18(16)19/h4-10,12,20,24H,11,13H2,1-3H3,(H,25,26)/t20-/m1/s1. The number of hydrogen-bond acceptors (Lipinski definition) is 5. The second kappa shape index (κ2) is 9.26. The Morgan fingerprint density at radius 3 is 2.60 bits per heavy atom. The lowest BCUT2D eigenvalue weighted by atomic mass is 10.0. The largest absolute Gasteiger partial charge is 0.467 e. The summed E-state index contributed by atoms with van der Waals surface area (Å²) in [5, 5.41) is 3.56. The van der Waals surface area contributed by atoms with Crippen LogP contribution in [-0.4, -0.2) is 42.6 Å². The Balaban J connectivity index is 1.64. The van der Waals surface area contributed by atoms with Gasteiger partial charge in [-0.2, -0.15) is 0 Å². The molecule has 7 heteroatoms. The number of ether oxygens (including phenoxy) is 2. The maximum Gasteiger partial charge on any atom is 0.338 e. The molecule has 0 fully saturated rings. The van der Waals surface area contributed by atoms with E-state index in [-0.39, 0.29) is 6.42 Å². The van der Waals surface area contributed by atoms with Crippen molar-refractivity contribution in [3.63, 3.8) is 0 Å². The molecule has 1 amide bonds. The van der Waals surface area contributed by atoms with E-state index in [4.69, 9.17) is 9.47 Å². The number of fused-ring (bicyclic) bond motifs is 1. The van der Waals surface area contributed by atoms with Crippen molar-refractivity contribution in [2.75, 3.05) is 13.7 Å². The van der Waals surface area contributed by atoms with E-state index in [1.54, 1.807) is 25.3 Å². The molecule has 156 valence electrons. The molecule has 2 N–H and O–H groups in total. The zero-order valence-electron chi connectivity index (χ0n) is 17.2. The number of para-hydroxylation sites is 1. The number of rotatable bonds is 7. The molecule has 0 saturated carbocycles. The first-order valence-electron chi connectivity index (χ1n) is 9.55. The monoisotopic (exact) mass is 408 g/mol. The second-order valence-corrected chi connectivity index (χ2v) is 7.10. The maximum atomic E-state index is 12.3. The molecule has 0 aliphatic rings. The van der Waals surface area contributed by atoms with Crippen LogP contribution in [0.25, 0.3) is 10.9 Å². The molecule has 1 heterocycles. The maximum absolute atomic E-state index is 12.3. The smallest absolute Gasteiger partial charge is 0.338 e. The number of aryl methyl sites for hydroxylation is 2. The van der Waals surface area contributed by atoms with Gasteiger partial charge in [-0.05, 0) is 37.1 Å². The summed E-state index contributed by atoms with van der Waals surface area (Å²) < 4.78 is 9.95. The van der Waals surface area contributed by atoms with Gasteiger partial charge in [-0.25, -0.2) is 9.59 Å². The predicted octanol–water partition coefficient (Wildman–Crippen LogP) is 2.84. The van der Waals surface area contributed by atoms with E-state index in [0.717, 1.165) is 27.6 Å². The Hall–Kier alpha value is -3.61. The van der Waals surface area contributed by atoms with E-state index in [2.05, 4.69) is 10.3 Å². The Morgan fingerprint density at radius 1 is 1.10 bits per heavy atom. The summed E-state index contributed by atoms with van der Waals surface area (Å²) in [6.07, 6.45) is 2.04. The van der Waals surface area contributed by atoms with E-state index in [1.807, 2.05) is 37.3 Å². The number of methoxy groups -OCH3 is 1. The molecule has 1 atom stereocenters. The minimum absolute atomic E-state index is 0.243. The predicted molar refractivity (Wildman–Crippen MR) is 112 cm³/mol. The highest BCUT2D eigenvalue weighted by atomic mass is 16.5. The Morgan fingerprint density at radius 2 is 1.87 bits per heavy atom. The van der Waals surface area contributed by atoms with E-state index in [1.165, 1.54) is 7.11 Å². The fourth-order valence-corrected chi connectivity index (χ4v) is 3.34. The van der Waals surface area contributed by atoms with Crippen molar-refractivity contribution in [2.45, 2.75) is 26.3 Å². The molecule has 3 aromatic rings. The summed E-state index contributed by atoms with van der Waals surface area (Å²) >= 11 is 0. The normalized spacial score (nSPS) is 11.7. The molecule has 0 radical (unpaired) electrons. The van der Waals surface area contributed by atoms with Crippen molar-refractivity contribution in [1.82, 2.24) is 10.3 Å². The number of carbonyl (C=O) groups is 3. The first-order valence-corrected chi connectivity index (χ1v) is 9.55. The minimum Gasteiger partial charge on any atom is -0.467 e. The molecule has 0 aliphatic heterocycles. The number of aromatic nitrogens is 1. The highest BCUT2D eigenvalue weighted by Crippen LogP contribution is 2.19. The highest BCUT2D eigenvalue weighted by Gasteiger charge is 2.24. The molecule has 3 rings (SSSR count). The summed E-state index contributed by atoms with van der Waals surface area (Å²) in [6, 6.07) is 12.1. The third-order valence-electron chi connectivity index (χ3n) is 4.86. The molecule has 0 spiro atoms. The summed E-state index contributed by atoms with van der Waals surface area (Å²) in [4.78, 5) is 39.9. The minimum atomic E-state index is -0.901. The van der Waals surface area contributed by atoms with E-state index in [9.17, 15) is 14.4 Å². The molecule has 2 aromatic carbocycles. The first kappa shape index (κ1) is 21.1. The Bertz CT molecular complexity index is 1090. The topological polar surface area (TPSA) is 97.5 Å². The van der Waals surface area contributed by atoms with E-state index in [0.29, 0.717) is 5.56 Å². The van der Waals surface area contributed by atoms with Crippen LogP contribution in [-0.2, 0) is 25.5 Å². The lowest BCUT2D eigenvalue weighted by molar-refractivity contribution is -0.145. The number of aromatic amines is 1. The first-order chi connectivity index (χ1) is 14.4. The molecule has 0 bridgehead atoms. The molecule has 0 saturated heterocycles. The van der Waals surface area contributed by atoms with Gasteiger partial charge in [0, 0.05) is 23.5 Å². The van der Waals surface area contributed by atoms with Crippen LogP contribution in [0.5, 0.6) is 0 Å². The second-order valence-electron chi connectivity index (χ2n) is 7.10. The van der Waals surface area contributed by atoms with Gasteiger partial charge in [0.2, 0.25) is 0 Å². The fourth-order valence-electron chi connectivity index (χ4n) is 3.34. The van der Waals surface area contributed by atoms with Gasteiger partial charge in [0.1, 0.15) is 6.04 Å². The quantitative estimate of drug-likeness (QED) is 0.586. The zero-order chi connectivity index (χ0) is 21.7. The van der Waals surface area contributed by atoms with Crippen molar-refractivity contribution in [3.05, 3.63) is 70.9 Å². The molecular weight excluding hydrogens is 384 g/mol. The van der Waals surface area contributed by atoms with Crippen LogP contribution < -0.4 is 5.32 Å². The number of carbonyl (C=O) groups excluding carboxylic acids is 3. The molecule has 0 aliphatic carbocycles. The number of H-pyrrole nitrogens is 1. The van der Waals surface area contributed by atoms with Crippen molar-refractivity contribution in [3.8, 4) is 0 Å². The number of hydrogen-bond donors (Lipinski definition) is 2. The van der Waals surface area contributed by atoms with Crippen molar-refractivity contribution < 1.29 is 23.9 Å². The van der Waals surface area contributed by atoms with E-state index >= 15 is 0 Å². The summed E-state index contributed by atoms with van der Waals surface area (Å²) in [5.74, 6) is -1.74. The van der Waals surface area contributed by atoms with Crippen molar-refractivity contribution in [2.24, 2.45) is 0 Å². The lowest BCUT2D eigenvalue weighted by Gasteiger charge is -2.16. The van der Waals surface area contributed by atoms with Crippen LogP contribution in [0.3, 0.4) is 0 Å². The third-order valence-corrected chi connectivity index (χ3v) is 4.86. The van der Waals surface area contributed by atoms with Gasteiger partial charge in [-0.1, -0.05) is 35.9 Å². The molecule has 30 heavy (non-hydrogen) atoms. The molecular formula is C23H24N2O5. The van der Waals surface area contributed by atoms with Gasteiger partial charge >= 0.3 is 11.9 Å². The van der Waals surface area contributed by atoms with Crippen LogP contribution in [0.15, 0.2) is 48.7 Å². The number of benzene rings is 2. The lowest BCUT2D eigenvalue weighted by Crippen LogP contribution is -2.44. The summed E-state index contributed by atoms with van der Waals surface area (Å²) in [5.41, 5.74) is 4.00. The summed E-state index contributed by atoms with van der Waals surface area (Å²) in [6.45, 7) is 3.24. The van der Waals surface area contributed by atoms with Gasteiger partial charge in [0.15, 0.2) is 6.61 Å². The Labute approximate surface area is 174 Å². The number of nitrogens with one attached hydrogen (secondary N) is 2. The fraction of sp³-hybridized carbons (Fsp3) is 0.261. The van der Waals surface area contributed by atoms with Crippen LogP contribution in [0, 0.1) is 13.8 Å². The average Bonchev–Trinajstić information content (AvgIpc) is 3.14. The highest BCUT2D eigenvalue weighted by molar-refractivity contribution is 5.93. The third kappa shape index (κ3) is 4.86. The van der Waals surface area contributed by atoms with Crippen LogP contribution in [0.4, 0.5) is 0 Å². The van der Waals surface area contributed by atoms with E-state index < -0.39 is 30.5 Å². The van der Waals surface area contributed by atoms with Crippen molar-refractivity contribution >= 4 is 28.7 Å². The van der Waals surface area contributed by atoms with Crippen molar-refractivity contribution in [1.29, 1.82) is 0 Å². The van der Waals surface area contributed by atoms with Gasteiger partial charge in [-0.3, -0.25) is 4.79 Å². The summed E-state index contributed by atoms with van der Waals surface area (Å²) in [7, 11) is 1.26. The number of esters is 2. The van der Waals surface area contributed by atoms with Crippen LogP contribution >= 0.6 is 0 Å². The molecule has 1 aromatic heterocycles. The SMILES string of the molecule is COC(=O)[C@@H](Cc1c[nH]c2ccccc12)NC(=O)COC(=O)c1ccc(C)cc1C. The van der Waals surface area contributed by atoms with Gasteiger partial charge in [0.05, 0.1) is 12.7 Å². The van der Waals surface area contributed by atoms with Gasteiger partial charge in [-0.15, -0.1) is 0 Å². The zero-order valence-corrected chi connectivity index (χ0v) is 17.2. The average molecular weight is 408 g/mol.